The summed E-state index contributed by atoms with van der Waals surface area (Å²) in [6.45, 7) is 6.52. The van der Waals surface area contributed by atoms with Crippen molar-refractivity contribution in [2.24, 2.45) is 0 Å². The Morgan fingerprint density at radius 3 is 2.22 bits per heavy atom. The summed E-state index contributed by atoms with van der Waals surface area (Å²) in [5.41, 5.74) is 6.29. The molecule has 1 aliphatic carbocycles. The average molecular weight is 565 g/mol. The highest BCUT2D eigenvalue weighted by atomic mass is 35.5. The Kier molecular flexibility index (Phi) is 8.27. The van der Waals surface area contributed by atoms with E-state index in [1.165, 1.54) is 5.56 Å². The van der Waals surface area contributed by atoms with Crippen molar-refractivity contribution in [3.63, 3.8) is 0 Å². The van der Waals surface area contributed by atoms with Crippen LogP contribution in [0.15, 0.2) is 108 Å². The first-order valence-corrected chi connectivity index (χ1v) is 14.2. The number of rotatable bonds is 8. The summed E-state index contributed by atoms with van der Waals surface area (Å²) in [7, 11) is 0. The van der Waals surface area contributed by atoms with Crippen LogP contribution in [0.3, 0.4) is 0 Å². The van der Waals surface area contributed by atoms with E-state index in [0.29, 0.717) is 23.6 Å². The zero-order valence-corrected chi connectivity index (χ0v) is 24.2. The van der Waals surface area contributed by atoms with Crippen LogP contribution < -0.4 is 10.6 Å². The molecule has 2 amide bonds. The molecule has 3 aromatic carbocycles. The standard InChI is InChI=1S/C35H33ClN2O3/c1-35(2,3)26-16-13-24(14-17-26)29(21-23-11-18-27(19-12-23)37-33(39)22-36)34(40)38-30-9-5-4-8-28(30)32-20-15-25-7-6-10-31(25)41-32/h4-20,29H,21-22H2,1-3H3,(H,37,39)(H,38,40). The first-order chi connectivity index (χ1) is 19.7. The molecule has 0 saturated heterocycles. The lowest BCUT2D eigenvalue weighted by molar-refractivity contribution is -0.117. The maximum atomic E-state index is 14.0. The second-order valence-corrected chi connectivity index (χ2v) is 11.5. The molecule has 208 valence electrons. The number of carbonyl (C=O) groups is 2. The second kappa shape index (κ2) is 12.0. The van der Waals surface area contributed by atoms with E-state index in [9.17, 15) is 9.59 Å². The number of fused-ring (bicyclic) bond motifs is 1. The number of benzene rings is 3. The Morgan fingerprint density at radius 1 is 0.780 bits per heavy atom. The molecule has 1 aliphatic heterocycles. The first kappa shape index (κ1) is 28.2. The minimum atomic E-state index is -0.449. The largest absolute Gasteiger partial charge is 0.456 e. The number of hydrogen-bond acceptors (Lipinski definition) is 3. The molecule has 1 atom stereocenters. The summed E-state index contributed by atoms with van der Waals surface area (Å²) in [4.78, 5) is 25.7. The van der Waals surface area contributed by atoms with Crippen LogP contribution in [0.4, 0.5) is 11.4 Å². The number of para-hydroxylation sites is 1. The van der Waals surface area contributed by atoms with Gasteiger partial charge < -0.3 is 15.1 Å². The predicted octanol–water partition coefficient (Wildman–Crippen LogP) is 8.49. The van der Waals surface area contributed by atoms with Crippen LogP contribution in [0, 0.1) is 0 Å². The molecule has 1 unspecified atom stereocenters. The van der Waals surface area contributed by atoms with Crippen LogP contribution in [0.2, 0.25) is 0 Å². The Hall–Kier alpha value is -4.35. The van der Waals surface area contributed by atoms with Gasteiger partial charge in [-0.3, -0.25) is 9.59 Å². The molecular formula is C35H33ClN2O3. The zero-order valence-electron chi connectivity index (χ0n) is 23.4. The number of alkyl halides is 1. The fourth-order valence-corrected chi connectivity index (χ4v) is 4.94. The van der Waals surface area contributed by atoms with Crippen molar-refractivity contribution in [2.75, 3.05) is 16.5 Å². The van der Waals surface area contributed by atoms with Crippen LogP contribution in [-0.4, -0.2) is 17.7 Å². The first-order valence-electron chi connectivity index (χ1n) is 13.7. The third kappa shape index (κ3) is 6.69. The van der Waals surface area contributed by atoms with Gasteiger partial charge in [0, 0.05) is 16.8 Å². The summed E-state index contributed by atoms with van der Waals surface area (Å²) in [5, 5.41) is 5.94. The summed E-state index contributed by atoms with van der Waals surface area (Å²) < 4.78 is 6.15. The molecule has 3 aromatic rings. The fraction of sp³-hybridized carbons (Fsp3) is 0.200. The lowest BCUT2D eigenvalue weighted by Crippen LogP contribution is -2.23. The van der Waals surface area contributed by atoms with Gasteiger partial charge in [-0.25, -0.2) is 0 Å². The molecule has 0 bridgehead atoms. The molecule has 0 saturated carbocycles. The van der Waals surface area contributed by atoms with Gasteiger partial charge in [0.05, 0.1) is 11.6 Å². The number of anilines is 2. The van der Waals surface area contributed by atoms with Crippen molar-refractivity contribution in [3.8, 4) is 22.6 Å². The minimum Gasteiger partial charge on any atom is -0.456 e. The van der Waals surface area contributed by atoms with Gasteiger partial charge in [-0.2, -0.15) is 0 Å². The summed E-state index contributed by atoms with van der Waals surface area (Å²) >= 11 is 5.62. The van der Waals surface area contributed by atoms with E-state index < -0.39 is 5.92 Å². The van der Waals surface area contributed by atoms with Gasteiger partial charge in [-0.15, -0.1) is 11.6 Å². The number of nitrogens with one attached hydrogen (secondary N) is 2. The van der Waals surface area contributed by atoms with E-state index >= 15 is 0 Å². The van der Waals surface area contributed by atoms with Gasteiger partial charge >= 0.3 is 0 Å². The van der Waals surface area contributed by atoms with Crippen molar-refractivity contribution in [2.45, 2.75) is 38.5 Å². The maximum Gasteiger partial charge on any atom is 0.239 e. The van der Waals surface area contributed by atoms with E-state index in [1.54, 1.807) is 0 Å². The molecular weight excluding hydrogens is 532 g/mol. The van der Waals surface area contributed by atoms with Crippen LogP contribution in [0.25, 0.3) is 22.6 Å². The highest BCUT2D eigenvalue weighted by molar-refractivity contribution is 6.29. The smallest absolute Gasteiger partial charge is 0.239 e. The van der Waals surface area contributed by atoms with Crippen molar-refractivity contribution in [3.05, 3.63) is 120 Å². The zero-order chi connectivity index (χ0) is 29.0. The Bertz CT molecular complexity index is 1610. The predicted molar refractivity (Wildman–Crippen MR) is 167 cm³/mol. The molecule has 0 radical (unpaired) electrons. The third-order valence-electron chi connectivity index (χ3n) is 7.19. The maximum absolute atomic E-state index is 14.0. The summed E-state index contributed by atoms with van der Waals surface area (Å²) in [5.74, 6) is 0.541. The summed E-state index contributed by atoms with van der Waals surface area (Å²) in [6.07, 6.45) is 0.483. The monoisotopic (exact) mass is 564 g/mol. The minimum absolute atomic E-state index is 0.00479. The Morgan fingerprint density at radius 2 is 1.51 bits per heavy atom. The fourth-order valence-electron chi connectivity index (χ4n) is 4.87. The van der Waals surface area contributed by atoms with Crippen LogP contribution in [0.1, 0.15) is 43.4 Å². The second-order valence-electron chi connectivity index (χ2n) is 11.2. The van der Waals surface area contributed by atoms with E-state index in [0.717, 1.165) is 28.0 Å². The van der Waals surface area contributed by atoms with Crippen LogP contribution in [-0.2, 0) is 21.4 Å². The Balaban J connectivity index is 1.45. The van der Waals surface area contributed by atoms with E-state index in [4.69, 9.17) is 16.0 Å². The molecule has 0 fully saturated rings. The van der Waals surface area contributed by atoms with E-state index in [-0.39, 0.29) is 23.1 Å². The molecule has 41 heavy (non-hydrogen) atoms. The highest BCUT2D eigenvalue weighted by Crippen LogP contribution is 2.34. The molecule has 0 spiro atoms. The lowest BCUT2D eigenvalue weighted by Gasteiger charge is -2.22. The molecule has 6 heteroatoms. The highest BCUT2D eigenvalue weighted by Gasteiger charge is 2.24. The van der Waals surface area contributed by atoms with Crippen molar-refractivity contribution in [1.82, 2.24) is 0 Å². The SMILES string of the molecule is CC(C)(C)c1ccc(C(Cc2ccc(NC(=O)CCl)cc2)C(=O)Nc2ccccc2-c2ccc3cccc-3o2)cc1. The van der Waals surface area contributed by atoms with Crippen molar-refractivity contribution in [1.29, 1.82) is 0 Å². The number of amides is 2. The van der Waals surface area contributed by atoms with Crippen LogP contribution >= 0.6 is 11.6 Å². The lowest BCUT2D eigenvalue weighted by atomic mass is 9.84. The van der Waals surface area contributed by atoms with Gasteiger partial charge in [-0.05, 0) is 71.0 Å². The number of halogens is 1. The third-order valence-corrected chi connectivity index (χ3v) is 7.43. The van der Waals surface area contributed by atoms with Gasteiger partial charge in [0.15, 0.2) is 0 Å². The molecule has 2 N–H and O–H groups in total. The average Bonchev–Trinajstić information content (AvgIpc) is 3.45. The van der Waals surface area contributed by atoms with Crippen LogP contribution in [0.5, 0.6) is 0 Å². The molecule has 1 heterocycles. The molecule has 2 aliphatic rings. The van der Waals surface area contributed by atoms with Gasteiger partial charge in [0.1, 0.15) is 17.4 Å². The molecule has 5 rings (SSSR count). The normalized spacial score (nSPS) is 12.2. The van der Waals surface area contributed by atoms with E-state index in [2.05, 4.69) is 43.5 Å². The molecule has 0 aromatic heterocycles. The van der Waals surface area contributed by atoms with Crippen molar-refractivity contribution >= 4 is 34.8 Å². The van der Waals surface area contributed by atoms with Gasteiger partial charge in [0.25, 0.3) is 0 Å². The Labute approximate surface area is 245 Å². The summed E-state index contributed by atoms with van der Waals surface area (Å²) in [6, 6.07) is 33.3. The van der Waals surface area contributed by atoms with E-state index in [1.807, 2.05) is 91.0 Å². The van der Waals surface area contributed by atoms with Gasteiger partial charge in [-0.1, -0.05) is 81.4 Å². The number of carbonyl (C=O) groups excluding carboxylic acids is 2. The topological polar surface area (TPSA) is 71.3 Å². The van der Waals surface area contributed by atoms with Gasteiger partial charge in [0.2, 0.25) is 11.8 Å². The molecule has 5 nitrogen and oxygen atoms in total. The number of hydrogen-bond donors (Lipinski definition) is 2. The van der Waals surface area contributed by atoms with Crippen molar-refractivity contribution < 1.29 is 14.0 Å². The quantitative estimate of drug-likeness (QED) is 0.186.